The third kappa shape index (κ3) is 5.81. The summed E-state index contributed by atoms with van der Waals surface area (Å²) in [5, 5.41) is 7.55. The molecule has 0 N–H and O–H groups in total. The largest absolute Gasteiger partial charge is 0.310 e. The molecule has 0 bridgehead atoms. The van der Waals surface area contributed by atoms with Crippen LogP contribution in [0.5, 0.6) is 0 Å². The van der Waals surface area contributed by atoms with Crippen LogP contribution in [0.2, 0.25) is 0 Å². The van der Waals surface area contributed by atoms with Crippen LogP contribution >= 0.6 is 0 Å². The highest BCUT2D eigenvalue weighted by Gasteiger charge is 2.24. The molecule has 0 fully saturated rings. The van der Waals surface area contributed by atoms with E-state index in [1.807, 2.05) is 0 Å². The van der Waals surface area contributed by atoms with Crippen LogP contribution in [-0.2, 0) is 0 Å². The zero-order chi connectivity index (χ0) is 40.3. The molecule has 0 saturated carbocycles. The Balaban J connectivity index is 0.955. The van der Waals surface area contributed by atoms with Gasteiger partial charge >= 0.3 is 0 Å². The maximum absolute atomic E-state index is 2.47. The third-order valence-corrected chi connectivity index (χ3v) is 12.6. The Hall–Kier alpha value is -7.88. The lowest BCUT2D eigenvalue weighted by atomic mass is 9.91. The second-order valence-electron chi connectivity index (χ2n) is 16.1. The molecule has 3 heteroatoms. The molecule has 1 unspecified atom stereocenters. The van der Waals surface area contributed by atoms with E-state index in [0.717, 1.165) is 23.5 Å². The minimum atomic E-state index is 0.255. The summed E-state index contributed by atoms with van der Waals surface area (Å²) in [6.07, 6.45) is 8.06. The molecule has 288 valence electrons. The van der Waals surface area contributed by atoms with Crippen molar-refractivity contribution in [2.75, 3.05) is 4.90 Å². The van der Waals surface area contributed by atoms with Crippen LogP contribution in [0.3, 0.4) is 0 Å². The van der Waals surface area contributed by atoms with Gasteiger partial charge in [0.2, 0.25) is 0 Å². The first-order valence-corrected chi connectivity index (χ1v) is 21.2. The summed E-state index contributed by atoms with van der Waals surface area (Å²) in [7, 11) is 0. The van der Waals surface area contributed by atoms with Crippen LogP contribution in [0.15, 0.2) is 236 Å². The fraction of sp³-hybridized carbons (Fsp3) is 0.0345. The average Bonchev–Trinajstić information content (AvgIpc) is 3.87. The maximum atomic E-state index is 2.47. The van der Waals surface area contributed by atoms with Crippen molar-refractivity contribution >= 4 is 65.8 Å². The first kappa shape index (κ1) is 35.1. The highest BCUT2D eigenvalue weighted by Crippen LogP contribution is 2.44. The molecule has 1 aliphatic carbocycles. The fourth-order valence-electron chi connectivity index (χ4n) is 9.82. The quantitative estimate of drug-likeness (QED) is 0.157. The zero-order valence-corrected chi connectivity index (χ0v) is 33.6. The molecule has 61 heavy (non-hydrogen) atoms. The van der Waals surface area contributed by atoms with E-state index < -0.39 is 0 Å². The van der Waals surface area contributed by atoms with Crippen molar-refractivity contribution in [2.45, 2.75) is 12.3 Å². The first-order valence-electron chi connectivity index (χ1n) is 21.2. The summed E-state index contributed by atoms with van der Waals surface area (Å²) in [6, 6.07) is 77.3. The van der Waals surface area contributed by atoms with Crippen LogP contribution in [-0.4, -0.2) is 9.13 Å². The van der Waals surface area contributed by atoms with Crippen molar-refractivity contribution < 1.29 is 0 Å². The van der Waals surface area contributed by atoms with Gasteiger partial charge < -0.3 is 14.0 Å². The second-order valence-corrected chi connectivity index (χ2v) is 16.1. The summed E-state index contributed by atoms with van der Waals surface area (Å²) in [5.41, 5.74) is 14.4. The van der Waals surface area contributed by atoms with Crippen LogP contribution in [0.1, 0.15) is 17.9 Å². The number of fused-ring (bicyclic) bond motifs is 8. The molecule has 9 aromatic carbocycles. The minimum Gasteiger partial charge on any atom is -0.310 e. The van der Waals surface area contributed by atoms with Gasteiger partial charge in [-0.3, -0.25) is 0 Å². The number of hydrogen-bond donors (Lipinski definition) is 0. The van der Waals surface area contributed by atoms with E-state index in [1.54, 1.807) is 0 Å². The summed E-state index contributed by atoms with van der Waals surface area (Å²) in [5.74, 6) is 0.255. The van der Waals surface area contributed by atoms with Gasteiger partial charge in [0.05, 0.1) is 27.8 Å². The maximum Gasteiger partial charge on any atom is 0.0619 e. The molecule has 0 saturated heterocycles. The van der Waals surface area contributed by atoms with E-state index in [-0.39, 0.29) is 5.92 Å². The van der Waals surface area contributed by atoms with Gasteiger partial charge in [-0.1, -0.05) is 164 Å². The topological polar surface area (TPSA) is 13.1 Å². The molecular weight excluding hydrogens is 739 g/mol. The van der Waals surface area contributed by atoms with Crippen LogP contribution < -0.4 is 4.90 Å². The van der Waals surface area contributed by atoms with E-state index in [0.29, 0.717) is 0 Å². The van der Waals surface area contributed by atoms with Crippen molar-refractivity contribution in [1.82, 2.24) is 9.13 Å². The Morgan fingerprint density at radius 1 is 0.443 bits per heavy atom. The molecular formula is C58H41N3. The van der Waals surface area contributed by atoms with Crippen LogP contribution in [0.4, 0.5) is 11.4 Å². The van der Waals surface area contributed by atoms with Crippen molar-refractivity contribution in [3.63, 3.8) is 0 Å². The average molecular weight is 780 g/mol. The molecule has 1 aliphatic rings. The number of benzene rings is 9. The Morgan fingerprint density at radius 3 is 1.87 bits per heavy atom. The van der Waals surface area contributed by atoms with Crippen molar-refractivity contribution in [2.24, 2.45) is 0 Å². The Bertz CT molecular complexity index is 3500. The van der Waals surface area contributed by atoms with E-state index in [2.05, 4.69) is 245 Å². The lowest BCUT2D eigenvalue weighted by Gasteiger charge is -2.30. The second kappa shape index (κ2) is 14.4. The summed E-state index contributed by atoms with van der Waals surface area (Å²) < 4.78 is 4.85. The molecule has 0 amide bonds. The highest BCUT2D eigenvalue weighted by molar-refractivity contribution is 6.19. The zero-order valence-electron chi connectivity index (χ0n) is 33.6. The molecule has 0 aliphatic heterocycles. The number of allylic oxidation sites excluding steroid dienone is 3. The van der Waals surface area contributed by atoms with E-state index >= 15 is 0 Å². The van der Waals surface area contributed by atoms with Gasteiger partial charge in [0.15, 0.2) is 0 Å². The standard InChI is InChI=1S/C58H41N3/c1-3-15-40(16-4-1)44-18-13-21-48(39-44)59(55-27-14-28-56-57(55)52-24-10-12-26-54(52)60(56)45-19-5-2-6-20-45)46-34-29-41(30-35-46)42-31-36-47(37-32-42)61-53-25-11-9-23-50(53)51-38-33-43-17-7-8-22-49(43)58(51)61/h1-29,31-39,41H,30H2. The smallest absolute Gasteiger partial charge is 0.0619 e. The van der Waals surface area contributed by atoms with Gasteiger partial charge in [-0.2, -0.15) is 0 Å². The lowest BCUT2D eigenvalue weighted by Crippen LogP contribution is -2.17. The van der Waals surface area contributed by atoms with Crippen molar-refractivity contribution in [1.29, 1.82) is 0 Å². The normalized spacial score (nSPS) is 14.0. The molecule has 11 aromatic rings. The number of aromatic nitrogens is 2. The molecule has 3 nitrogen and oxygen atoms in total. The summed E-state index contributed by atoms with van der Waals surface area (Å²) >= 11 is 0. The predicted molar refractivity (Wildman–Crippen MR) is 258 cm³/mol. The van der Waals surface area contributed by atoms with Gasteiger partial charge in [0.25, 0.3) is 0 Å². The molecule has 0 radical (unpaired) electrons. The van der Waals surface area contributed by atoms with Crippen LogP contribution in [0.25, 0.3) is 76.9 Å². The SMILES string of the molecule is C1=CC(c2ccc(-n3c4ccccc4c4ccc5ccccc5c43)cc2)CC=C1N(c1cccc(-c2ccccc2)c1)c1cccc2c1c1ccccc1n2-c1ccccc1. The number of hydrogen-bond acceptors (Lipinski definition) is 1. The molecule has 0 spiro atoms. The lowest BCUT2D eigenvalue weighted by molar-refractivity contribution is 0.839. The highest BCUT2D eigenvalue weighted by atomic mass is 15.2. The molecule has 2 aromatic heterocycles. The van der Waals surface area contributed by atoms with Gasteiger partial charge in [-0.05, 0) is 95.2 Å². The Kier molecular flexibility index (Phi) is 8.31. The van der Waals surface area contributed by atoms with Crippen molar-refractivity contribution in [3.05, 3.63) is 242 Å². The van der Waals surface area contributed by atoms with E-state index in [1.165, 1.54) is 82.5 Å². The Morgan fingerprint density at radius 2 is 1.08 bits per heavy atom. The van der Waals surface area contributed by atoms with Gasteiger partial charge in [0, 0.05) is 55.6 Å². The minimum absolute atomic E-state index is 0.255. The summed E-state index contributed by atoms with van der Waals surface area (Å²) in [6.45, 7) is 0. The van der Waals surface area contributed by atoms with Gasteiger partial charge in [0.1, 0.15) is 0 Å². The molecule has 1 atom stereocenters. The Labute approximate surface area is 355 Å². The monoisotopic (exact) mass is 779 g/mol. The third-order valence-electron chi connectivity index (χ3n) is 12.6. The van der Waals surface area contributed by atoms with E-state index in [9.17, 15) is 0 Å². The number of nitrogens with zero attached hydrogens (tertiary/aromatic N) is 3. The summed E-state index contributed by atoms with van der Waals surface area (Å²) in [4.78, 5) is 2.47. The number of anilines is 2. The molecule has 12 rings (SSSR count). The van der Waals surface area contributed by atoms with Gasteiger partial charge in [-0.15, -0.1) is 0 Å². The fourth-order valence-corrected chi connectivity index (χ4v) is 9.82. The first-order chi connectivity index (χ1) is 30.3. The number of para-hydroxylation sites is 3. The predicted octanol–water partition coefficient (Wildman–Crippen LogP) is 15.5. The van der Waals surface area contributed by atoms with Crippen molar-refractivity contribution in [3.8, 4) is 22.5 Å². The molecule has 2 heterocycles. The number of rotatable bonds is 7. The van der Waals surface area contributed by atoms with E-state index in [4.69, 9.17) is 0 Å². The van der Waals surface area contributed by atoms with Crippen LogP contribution in [0, 0.1) is 0 Å². The van der Waals surface area contributed by atoms with Gasteiger partial charge in [-0.25, -0.2) is 0 Å².